The van der Waals surface area contributed by atoms with Crippen molar-refractivity contribution in [2.45, 2.75) is 62.4 Å². The topological polar surface area (TPSA) is 249 Å². The zero-order chi connectivity index (χ0) is 40.7. The van der Waals surface area contributed by atoms with Crippen LogP contribution in [0.3, 0.4) is 0 Å². The number of ketones is 3. The summed E-state index contributed by atoms with van der Waals surface area (Å²) >= 11 is 0. The van der Waals surface area contributed by atoms with Crippen LogP contribution in [0, 0.1) is 0 Å². The first-order valence-electron chi connectivity index (χ1n) is 18.5. The third-order valence-corrected chi connectivity index (χ3v) is 11.6. The quantitative estimate of drug-likeness (QED) is 0.111. The summed E-state index contributed by atoms with van der Waals surface area (Å²) in [5.74, 6) is -6.23. The van der Waals surface area contributed by atoms with Crippen molar-refractivity contribution in [1.29, 1.82) is 0 Å². The molecule has 0 spiro atoms. The maximum Gasteiger partial charge on any atom is 0.343 e. The van der Waals surface area contributed by atoms with Crippen molar-refractivity contribution in [3.63, 3.8) is 0 Å². The first kappa shape index (κ1) is 38.4. The molecule has 17 heteroatoms. The van der Waals surface area contributed by atoms with Crippen LogP contribution in [-0.2, 0) is 24.6 Å². The number of esters is 1. The van der Waals surface area contributed by atoms with Crippen molar-refractivity contribution in [3.8, 4) is 17.2 Å². The highest BCUT2D eigenvalue weighted by Crippen LogP contribution is 2.55. The summed E-state index contributed by atoms with van der Waals surface area (Å²) in [6.07, 6.45) is -4.79. The second kappa shape index (κ2) is 14.2. The van der Waals surface area contributed by atoms with Gasteiger partial charge in [-0.1, -0.05) is 12.1 Å². The van der Waals surface area contributed by atoms with Crippen molar-refractivity contribution in [2.24, 2.45) is 5.73 Å². The van der Waals surface area contributed by atoms with Crippen LogP contribution < -0.4 is 10.5 Å². The fourth-order valence-corrected chi connectivity index (χ4v) is 8.44. The molecule has 2 aromatic carbocycles. The third kappa shape index (κ3) is 6.04. The Morgan fingerprint density at radius 1 is 0.965 bits per heavy atom. The number of hydrogen-bond acceptors (Lipinski definition) is 16. The second-order valence-corrected chi connectivity index (χ2v) is 15.0. The lowest BCUT2D eigenvalue weighted by Crippen LogP contribution is -2.52. The van der Waals surface area contributed by atoms with E-state index in [1.54, 1.807) is 17.9 Å². The minimum atomic E-state index is -2.71. The van der Waals surface area contributed by atoms with Crippen LogP contribution in [0.4, 0.5) is 0 Å². The normalized spacial score (nSPS) is 26.2. The summed E-state index contributed by atoms with van der Waals surface area (Å²) in [7, 11) is 3.22. The average Bonchev–Trinajstić information content (AvgIpc) is 3.82. The molecule has 1 unspecified atom stereocenters. The molecule has 2 aliphatic heterocycles. The number of likely N-dealkylation sites (N-methyl/N-ethyl adjacent to an activating group) is 1. The Kier molecular flexibility index (Phi) is 9.57. The number of furan rings is 2. The number of hydrogen-bond donors (Lipinski definition) is 5. The van der Waals surface area contributed by atoms with Gasteiger partial charge in [-0.05, 0) is 45.0 Å². The lowest BCUT2D eigenvalue weighted by Gasteiger charge is -2.42. The largest absolute Gasteiger partial charge is 0.507 e. The Labute approximate surface area is 324 Å². The number of ether oxygens (including phenoxy) is 4. The maximum atomic E-state index is 14.2. The Morgan fingerprint density at radius 3 is 2.33 bits per heavy atom. The highest BCUT2D eigenvalue weighted by atomic mass is 16.7. The predicted molar refractivity (Wildman–Crippen MR) is 196 cm³/mol. The molecule has 2 aromatic heterocycles. The third-order valence-electron chi connectivity index (χ3n) is 11.6. The van der Waals surface area contributed by atoms with Gasteiger partial charge in [0.05, 0.1) is 42.1 Å². The zero-order valence-corrected chi connectivity index (χ0v) is 31.3. The monoisotopic (exact) mass is 787 g/mol. The minimum absolute atomic E-state index is 0.00235. The van der Waals surface area contributed by atoms with E-state index in [-0.39, 0.29) is 57.6 Å². The molecule has 4 aromatic rings. The summed E-state index contributed by atoms with van der Waals surface area (Å²) in [5.41, 5.74) is 0.838. The van der Waals surface area contributed by atoms with E-state index < -0.39 is 107 Å². The fraction of sp³-hybridized carbons (Fsp3) is 0.425. The number of Topliss-reactive ketones (excluding diaryl/α,β-unsaturated/α-hetero) is 1. The van der Waals surface area contributed by atoms with E-state index >= 15 is 0 Å². The van der Waals surface area contributed by atoms with Gasteiger partial charge in [0.15, 0.2) is 24.3 Å². The lowest BCUT2D eigenvalue weighted by atomic mass is 9.70. The number of piperazine rings is 1. The molecular weight excluding hydrogens is 746 g/mol. The molecule has 0 radical (unpaired) electrons. The van der Waals surface area contributed by atoms with Crippen LogP contribution in [0.1, 0.15) is 96.0 Å². The molecule has 2 saturated heterocycles. The van der Waals surface area contributed by atoms with E-state index in [9.17, 15) is 44.4 Å². The molecule has 1 amide bonds. The zero-order valence-electron chi connectivity index (χ0n) is 31.3. The summed E-state index contributed by atoms with van der Waals surface area (Å²) in [6.45, 7) is 2.58. The van der Waals surface area contributed by atoms with Crippen LogP contribution in [-0.4, -0.2) is 131 Å². The molecule has 2 aliphatic carbocycles. The van der Waals surface area contributed by atoms with Gasteiger partial charge in [0, 0.05) is 55.3 Å². The lowest BCUT2D eigenvalue weighted by molar-refractivity contribution is -0.244. The van der Waals surface area contributed by atoms with Gasteiger partial charge in [0.25, 0.3) is 5.91 Å². The van der Waals surface area contributed by atoms with Crippen LogP contribution in [0.25, 0.3) is 11.2 Å². The van der Waals surface area contributed by atoms with E-state index in [0.29, 0.717) is 26.2 Å². The molecule has 4 aliphatic rings. The molecule has 300 valence electrons. The molecule has 8 rings (SSSR count). The van der Waals surface area contributed by atoms with Crippen LogP contribution in [0.2, 0.25) is 0 Å². The van der Waals surface area contributed by atoms with E-state index in [0.717, 1.165) is 0 Å². The summed E-state index contributed by atoms with van der Waals surface area (Å²) in [4.78, 5) is 73.2. The number of phenolic OH excluding ortho intramolecular Hbond substituents is 2. The van der Waals surface area contributed by atoms with Crippen LogP contribution >= 0.6 is 0 Å². The van der Waals surface area contributed by atoms with Crippen molar-refractivity contribution in [3.05, 3.63) is 74.8 Å². The van der Waals surface area contributed by atoms with Gasteiger partial charge in [-0.3, -0.25) is 19.2 Å². The number of amides is 1. The second-order valence-electron chi connectivity index (χ2n) is 15.0. The molecule has 2 fully saturated rings. The SMILES string of the molecule is COc1cccc2c1C(=O)c1c(O)c3c(c(O)c1C2=O)[C@@](O)(C(=O)COC(=O)c1c(C(=O)N2CCN(C)CC2)c2ccc1o2)CC[C@@H]3O[C@H]1CC(N)[C@H](O)[C@H](C)O1. The first-order valence-corrected chi connectivity index (χ1v) is 18.5. The predicted octanol–water partition coefficient (Wildman–Crippen LogP) is 1.74. The Bertz CT molecular complexity index is 2320. The number of aliphatic hydroxyl groups excluding tert-OH is 1. The number of nitrogens with two attached hydrogens (primary N) is 1. The number of carbonyl (C=O) groups is 5. The number of rotatable bonds is 8. The molecule has 0 saturated carbocycles. The number of benzene rings is 3. The van der Waals surface area contributed by atoms with Crippen molar-refractivity contribution >= 4 is 40.4 Å². The van der Waals surface area contributed by atoms with Crippen molar-refractivity contribution < 1.29 is 67.8 Å². The van der Waals surface area contributed by atoms with Gasteiger partial charge in [0.1, 0.15) is 39.5 Å². The minimum Gasteiger partial charge on any atom is -0.507 e. The van der Waals surface area contributed by atoms with Gasteiger partial charge in [-0.15, -0.1) is 0 Å². The number of methoxy groups -OCH3 is 1. The Hall–Kier alpha value is -5.43. The number of aliphatic hydroxyl groups is 2. The maximum absolute atomic E-state index is 14.2. The average molecular weight is 788 g/mol. The molecule has 17 nitrogen and oxygen atoms in total. The summed E-state index contributed by atoms with van der Waals surface area (Å²) in [5, 5.41) is 46.6. The van der Waals surface area contributed by atoms with Gasteiger partial charge < -0.3 is 59.3 Å². The number of fused-ring (bicyclic) bond motifs is 5. The van der Waals surface area contributed by atoms with Crippen LogP contribution in [0.15, 0.2) is 34.7 Å². The summed E-state index contributed by atoms with van der Waals surface area (Å²) < 4.78 is 28.5. The number of nitrogens with zero attached hydrogens (tertiary/aromatic N) is 2. The van der Waals surface area contributed by atoms with E-state index in [1.165, 1.54) is 31.4 Å². The van der Waals surface area contributed by atoms with Gasteiger partial charge >= 0.3 is 5.97 Å². The summed E-state index contributed by atoms with van der Waals surface area (Å²) in [6, 6.07) is 6.52. The van der Waals surface area contributed by atoms with Gasteiger partial charge in [-0.25, -0.2) is 4.79 Å². The smallest absolute Gasteiger partial charge is 0.343 e. The number of aromatic hydroxyl groups is 2. The van der Waals surface area contributed by atoms with Crippen molar-refractivity contribution in [1.82, 2.24) is 9.80 Å². The number of phenols is 2. The molecular formula is C40H41N3O14. The fourth-order valence-electron chi connectivity index (χ4n) is 8.44. The van der Waals surface area contributed by atoms with Gasteiger partial charge in [-0.2, -0.15) is 0 Å². The molecule has 6 atom stereocenters. The van der Waals surface area contributed by atoms with E-state index in [2.05, 4.69) is 4.90 Å². The first-order chi connectivity index (χ1) is 27.2. The van der Waals surface area contributed by atoms with Gasteiger partial charge in [0.2, 0.25) is 11.6 Å². The molecule has 2 bridgehead atoms. The Balaban J connectivity index is 1.15. The Morgan fingerprint density at radius 2 is 1.65 bits per heavy atom. The highest BCUT2D eigenvalue weighted by Gasteiger charge is 2.52. The van der Waals surface area contributed by atoms with E-state index in [4.69, 9.17) is 29.1 Å². The molecule has 57 heavy (non-hydrogen) atoms. The van der Waals surface area contributed by atoms with Crippen LogP contribution in [0.5, 0.6) is 17.2 Å². The standard InChI is InChI=1S/C40H41N3O14/c1-17-33(45)19(41)15-25(55-17)57-23-9-10-40(52,32-29(23)36(48)31-30(37(32)49)34(46)18-5-4-6-20(53-3)26(18)35(31)47)24(44)16-54-39(51)28-22-8-7-21(56-22)27(28)38(50)43-13-11-42(2)12-14-43/h4-8,17,19,23,25,33,45,48-49,52H,9-16,41H2,1-3H3/t17-,19?,23-,25-,33+,40-/m0/s1. The number of carbonyl (C=O) groups excluding carboxylic acids is 5. The van der Waals surface area contributed by atoms with Crippen molar-refractivity contribution in [2.75, 3.05) is 46.9 Å². The van der Waals surface area contributed by atoms with E-state index in [1.807, 2.05) is 7.05 Å². The molecule has 4 heterocycles. The highest BCUT2D eigenvalue weighted by molar-refractivity contribution is 6.31. The molecule has 6 N–H and O–H groups in total.